The van der Waals surface area contributed by atoms with E-state index in [4.69, 9.17) is 4.74 Å². The van der Waals surface area contributed by atoms with Gasteiger partial charge in [0.1, 0.15) is 5.69 Å². The third kappa shape index (κ3) is 2.79. The molecule has 0 bridgehead atoms. The lowest BCUT2D eigenvalue weighted by Crippen LogP contribution is -2.47. The molecule has 0 aromatic carbocycles. The van der Waals surface area contributed by atoms with Crippen LogP contribution in [0.15, 0.2) is 18.3 Å². The monoisotopic (exact) mass is 249 g/mol. The molecule has 0 aliphatic carbocycles. The van der Waals surface area contributed by atoms with Crippen molar-refractivity contribution in [2.75, 3.05) is 31.6 Å². The Bertz CT molecular complexity index is 405. The number of ether oxygens (including phenoxy) is 1. The number of amides is 1. The van der Waals surface area contributed by atoms with E-state index in [1.54, 1.807) is 12.3 Å². The summed E-state index contributed by atoms with van der Waals surface area (Å²) < 4.78 is 5.32. The summed E-state index contributed by atoms with van der Waals surface area (Å²) >= 11 is 0. The highest BCUT2D eigenvalue weighted by atomic mass is 16.5. The molecule has 1 saturated heterocycles. The molecule has 1 amide bonds. The molecule has 5 heteroatoms. The predicted octanol–water partition coefficient (Wildman–Crippen LogP) is 1.37. The molecule has 0 spiro atoms. The number of morpholine rings is 1. The van der Waals surface area contributed by atoms with Gasteiger partial charge in [-0.3, -0.25) is 4.79 Å². The second-order valence-electron chi connectivity index (χ2n) is 4.38. The van der Waals surface area contributed by atoms with Gasteiger partial charge in [0.05, 0.1) is 31.1 Å². The van der Waals surface area contributed by atoms with Crippen LogP contribution in [0.1, 0.15) is 24.3 Å². The third-order valence-electron chi connectivity index (χ3n) is 2.99. The first-order valence-corrected chi connectivity index (χ1v) is 6.31. The van der Waals surface area contributed by atoms with E-state index >= 15 is 0 Å². The highest BCUT2D eigenvalue weighted by Crippen LogP contribution is 2.12. The number of anilines is 1. The zero-order valence-corrected chi connectivity index (χ0v) is 10.8. The van der Waals surface area contributed by atoms with E-state index < -0.39 is 0 Å². The molecule has 1 atom stereocenters. The summed E-state index contributed by atoms with van der Waals surface area (Å²) in [5, 5.41) is 3.15. The minimum absolute atomic E-state index is 0.0196. The first kappa shape index (κ1) is 12.8. The third-order valence-corrected chi connectivity index (χ3v) is 2.99. The van der Waals surface area contributed by atoms with Gasteiger partial charge in [-0.1, -0.05) is 0 Å². The van der Waals surface area contributed by atoms with Gasteiger partial charge in [0, 0.05) is 13.1 Å². The molecule has 2 rings (SSSR count). The van der Waals surface area contributed by atoms with E-state index in [1.807, 2.05) is 24.8 Å². The van der Waals surface area contributed by atoms with Gasteiger partial charge in [-0.15, -0.1) is 0 Å². The van der Waals surface area contributed by atoms with Crippen LogP contribution in [-0.2, 0) is 4.74 Å². The molecule has 1 aliphatic heterocycles. The maximum atomic E-state index is 12.3. The van der Waals surface area contributed by atoms with Crippen LogP contribution >= 0.6 is 0 Å². The molecule has 2 heterocycles. The maximum Gasteiger partial charge on any atom is 0.272 e. The van der Waals surface area contributed by atoms with Gasteiger partial charge < -0.3 is 15.0 Å². The Morgan fingerprint density at radius 2 is 2.44 bits per heavy atom. The van der Waals surface area contributed by atoms with E-state index in [9.17, 15) is 4.79 Å². The molecule has 1 aromatic rings. The van der Waals surface area contributed by atoms with Gasteiger partial charge in [-0.25, -0.2) is 4.98 Å². The van der Waals surface area contributed by atoms with Crippen molar-refractivity contribution in [1.29, 1.82) is 0 Å². The van der Waals surface area contributed by atoms with Crippen molar-refractivity contribution in [3.63, 3.8) is 0 Å². The second kappa shape index (κ2) is 5.82. The minimum atomic E-state index is -0.0196. The molecule has 0 saturated carbocycles. The van der Waals surface area contributed by atoms with Crippen molar-refractivity contribution in [2.45, 2.75) is 19.9 Å². The van der Waals surface area contributed by atoms with Gasteiger partial charge in [-0.05, 0) is 26.0 Å². The van der Waals surface area contributed by atoms with Crippen LogP contribution in [0.5, 0.6) is 0 Å². The largest absolute Gasteiger partial charge is 0.384 e. The quantitative estimate of drug-likeness (QED) is 0.879. The van der Waals surface area contributed by atoms with Crippen LogP contribution in [0.3, 0.4) is 0 Å². The number of hydrogen-bond donors (Lipinski definition) is 1. The Morgan fingerprint density at radius 3 is 3.06 bits per heavy atom. The zero-order chi connectivity index (χ0) is 13.0. The van der Waals surface area contributed by atoms with Gasteiger partial charge in [-0.2, -0.15) is 0 Å². The van der Waals surface area contributed by atoms with Crippen LogP contribution < -0.4 is 5.32 Å². The molecule has 1 aromatic heterocycles. The molecule has 1 N–H and O–H groups in total. The van der Waals surface area contributed by atoms with Crippen LogP contribution in [0.2, 0.25) is 0 Å². The second-order valence-corrected chi connectivity index (χ2v) is 4.38. The van der Waals surface area contributed by atoms with Gasteiger partial charge in [0.15, 0.2) is 0 Å². The number of pyridine rings is 1. The minimum Gasteiger partial charge on any atom is -0.384 e. The topological polar surface area (TPSA) is 54.5 Å². The molecule has 98 valence electrons. The fourth-order valence-corrected chi connectivity index (χ4v) is 2.01. The molecule has 1 aliphatic rings. The zero-order valence-electron chi connectivity index (χ0n) is 10.8. The van der Waals surface area contributed by atoms with Crippen molar-refractivity contribution in [3.05, 3.63) is 24.0 Å². The van der Waals surface area contributed by atoms with E-state index in [-0.39, 0.29) is 11.9 Å². The Morgan fingerprint density at radius 1 is 1.61 bits per heavy atom. The smallest absolute Gasteiger partial charge is 0.272 e. The molecular formula is C13H19N3O2. The highest BCUT2D eigenvalue weighted by molar-refractivity contribution is 5.92. The molecule has 0 radical (unpaired) electrons. The summed E-state index contributed by atoms with van der Waals surface area (Å²) in [5.41, 5.74) is 1.43. The number of carbonyl (C=O) groups excluding carboxylic acids is 1. The molecule has 5 nitrogen and oxygen atoms in total. The summed E-state index contributed by atoms with van der Waals surface area (Å²) in [6.07, 6.45) is 1.70. The van der Waals surface area contributed by atoms with Crippen molar-refractivity contribution in [1.82, 2.24) is 9.88 Å². The highest BCUT2D eigenvalue weighted by Gasteiger charge is 2.25. The first-order chi connectivity index (χ1) is 8.72. The van der Waals surface area contributed by atoms with Crippen LogP contribution in [0.4, 0.5) is 5.69 Å². The van der Waals surface area contributed by atoms with E-state index in [0.29, 0.717) is 25.5 Å². The lowest BCUT2D eigenvalue weighted by Gasteiger charge is -2.33. The normalized spacial score (nSPS) is 19.7. The Hall–Kier alpha value is -1.62. The van der Waals surface area contributed by atoms with Crippen LogP contribution in [-0.4, -0.2) is 48.1 Å². The summed E-state index contributed by atoms with van der Waals surface area (Å²) in [6.45, 7) is 6.69. The molecule has 1 fully saturated rings. The standard InChI is InChI=1S/C13H19N3O2/c1-3-14-11-4-5-12(15-8-11)13(17)16-6-7-18-9-10(16)2/h4-5,8,10,14H,3,6-7,9H2,1-2H3. The SMILES string of the molecule is CCNc1ccc(C(=O)N2CCOCC2C)nc1. The Labute approximate surface area is 107 Å². The summed E-state index contributed by atoms with van der Waals surface area (Å²) in [5.74, 6) is -0.0196. The lowest BCUT2D eigenvalue weighted by molar-refractivity contribution is 0.00327. The van der Waals surface area contributed by atoms with E-state index in [0.717, 1.165) is 12.2 Å². The summed E-state index contributed by atoms with van der Waals surface area (Å²) in [4.78, 5) is 18.3. The summed E-state index contributed by atoms with van der Waals surface area (Å²) in [7, 11) is 0. The van der Waals surface area contributed by atoms with Gasteiger partial charge >= 0.3 is 0 Å². The molecule has 1 unspecified atom stereocenters. The van der Waals surface area contributed by atoms with Gasteiger partial charge in [0.2, 0.25) is 0 Å². The molecular weight excluding hydrogens is 230 g/mol. The van der Waals surface area contributed by atoms with Crippen LogP contribution in [0.25, 0.3) is 0 Å². The maximum absolute atomic E-state index is 12.3. The average Bonchev–Trinajstić information content (AvgIpc) is 2.40. The Balaban J connectivity index is 2.08. The van der Waals surface area contributed by atoms with Crippen molar-refractivity contribution >= 4 is 11.6 Å². The van der Waals surface area contributed by atoms with Gasteiger partial charge in [0.25, 0.3) is 5.91 Å². The van der Waals surface area contributed by atoms with Crippen molar-refractivity contribution in [2.24, 2.45) is 0 Å². The number of aromatic nitrogens is 1. The predicted molar refractivity (Wildman–Crippen MR) is 69.7 cm³/mol. The van der Waals surface area contributed by atoms with Crippen molar-refractivity contribution in [3.8, 4) is 0 Å². The number of nitrogens with zero attached hydrogens (tertiary/aromatic N) is 2. The number of hydrogen-bond acceptors (Lipinski definition) is 4. The summed E-state index contributed by atoms with van der Waals surface area (Å²) in [6, 6.07) is 3.76. The number of carbonyl (C=O) groups is 1. The fraction of sp³-hybridized carbons (Fsp3) is 0.538. The first-order valence-electron chi connectivity index (χ1n) is 6.31. The number of nitrogens with one attached hydrogen (secondary N) is 1. The lowest BCUT2D eigenvalue weighted by atomic mass is 10.2. The van der Waals surface area contributed by atoms with E-state index in [2.05, 4.69) is 10.3 Å². The van der Waals surface area contributed by atoms with E-state index in [1.165, 1.54) is 0 Å². The molecule has 18 heavy (non-hydrogen) atoms. The van der Waals surface area contributed by atoms with Crippen molar-refractivity contribution < 1.29 is 9.53 Å². The number of rotatable bonds is 3. The average molecular weight is 249 g/mol. The van der Waals surface area contributed by atoms with Crippen LogP contribution in [0, 0.1) is 0 Å². The Kier molecular flexibility index (Phi) is 4.15. The fourth-order valence-electron chi connectivity index (χ4n) is 2.01.